The number of nitrogen functional groups attached to an aromatic ring is 1. The van der Waals surface area contributed by atoms with Gasteiger partial charge < -0.3 is 11.1 Å². The van der Waals surface area contributed by atoms with E-state index in [4.69, 9.17) is 17.3 Å². The second-order valence-electron chi connectivity index (χ2n) is 7.39. The summed E-state index contributed by atoms with van der Waals surface area (Å²) in [4.78, 5) is 4.38. The summed E-state index contributed by atoms with van der Waals surface area (Å²) in [5.41, 5.74) is 11.0. The van der Waals surface area contributed by atoms with Crippen LogP contribution in [0.2, 0.25) is 5.02 Å². The van der Waals surface area contributed by atoms with Crippen LogP contribution >= 0.6 is 11.6 Å². The van der Waals surface area contributed by atoms with Crippen LogP contribution in [-0.4, -0.2) is 4.98 Å². The van der Waals surface area contributed by atoms with Gasteiger partial charge in [0.15, 0.2) is 5.82 Å². The minimum absolute atomic E-state index is 0.148. The summed E-state index contributed by atoms with van der Waals surface area (Å²) in [6.07, 6.45) is 3.37. The quantitative estimate of drug-likeness (QED) is 0.382. The summed E-state index contributed by atoms with van der Waals surface area (Å²) >= 11 is 6.25. The molecule has 3 rings (SSSR count). The molecule has 0 amide bonds. The van der Waals surface area contributed by atoms with Crippen molar-refractivity contribution in [1.82, 2.24) is 4.98 Å². The Morgan fingerprint density at radius 1 is 1.13 bits per heavy atom. The Morgan fingerprint density at radius 3 is 2.55 bits per heavy atom. The van der Waals surface area contributed by atoms with Crippen LogP contribution in [0.1, 0.15) is 42.0 Å². The number of benzene rings is 2. The number of azo groups is 1. The lowest BCUT2D eigenvalue weighted by molar-refractivity contribution is 0.795. The minimum atomic E-state index is 0.148. The van der Waals surface area contributed by atoms with E-state index in [0.29, 0.717) is 27.8 Å². The topological polar surface area (TPSA) is 99.4 Å². The number of aromatic nitrogens is 1. The zero-order chi connectivity index (χ0) is 22.4. The number of anilines is 3. The number of hydrogen-bond donors (Lipinski definition) is 2. The Balaban J connectivity index is 1.99. The third-order valence-electron chi connectivity index (χ3n) is 4.95. The van der Waals surface area contributed by atoms with E-state index in [2.05, 4.69) is 45.7 Å². The lowest BCUT2D eigenvalue weighted by Gasteiger charge is -2.13. The summed E-state index contributed by atoms with van der Waals surface area (Å²) in [5.74, 6) is 0.581. The first-order chi connectivity index (χ1) is 14.9. The fourth-order valence-electron chi connectivity index (χ4n) is 3.14. The number of nitrogens with one attached hydrogen (secondary N) is 1. The molecule has 0 saturated heterocycles. The highest BCUT2D eigenvalue weighted by atomic mass is 35.5. The van der Waals surface area contributed by atoms with Crippen molar-refractivity contribution >= 4 is 40.3 Å². The third kappa shape index (κ3) is 5.39. The second kappa shape index (κ2) is 10.1. The zero-order valence-electron chi connectivity index (χ0n) is 17.9. The Kier molecular flexibility index (Phi) is 7.22. The molecule has 0 fully saturated rings. The standard InChI is InChI=1S/C24H25ClN6/c1-4-5-6-17-8-10-18(11-9-17)28-24-22(16(3)19(14-26)23(27)29-24)31-30-21-13-15(2)7-12-20(21)25/h7-13H,4-6H2,1-3H3,(H3,27,28,29)/b31-30+. The van der Waals surface area contributed by atoms with Gasteiger partial charge >= 0.3 is 0 Å². The van der Waals surface area contributed by atoms with E-state index in [0.717, 1.165) is 30.5 Å². The normalized spacial score (nSPS) is 10.9. The van der Waals surface area contributed by atoms with Gasteiger partial charge in [0.25, 0.3) is 0 Å². The van der Waals surface area contributed by atoms with E-state index in [1.165, 1.54) is 5.56 Å². The second-order valence-corrected chi connectivity index (χ2v) is 7.79. The molecule has 0 bridgehead atoms. The predicted molar refractivity (Wildman–Crippen MR) is 127 cm³/mol. The molecule has 1 heterocycles. The van der Waals surface area contributed by atoms with Crippen molar-refractivity contribution < 1.29 is 0 Å². The average molecular weight is 433 g/mol. The maximum atomic E-state index is 9.49. The van der Waals surface area contributed by atoms with Crippen molar-refractivity contribution in [1.29, 1.82) is 5.26 Å². The molecule has 7 heteroatoms. The summed E-state index contributed by atoms with van der Waals surface area (Å²) in [7, 11) is 0. The molecule has 6 nitrogen and oxygen atoms in total. The van der Waals surface area contributed by atoms with E-state index < -0.39 is 0 Å². The number of pyridine rings is 1. The van der Waals surface area contributed by atoms with Gasteiger partial charge in [0.1, 0.15) is 23.3 Å². The summed E-state index contributed by atoms with van der Waals surface area (Å²) < 4.78 is 0. The molecule has 3 N–H and O–H groups in total. The minimum Gasteiger partial charge on any atom is -0.383 e. The summed E-state index contributed by atoms with van der Waals surface area (Å²) in [6, 6.07) is 15.8. The molecule has 0 saturated carbocycles. The monoisotopic (exact) mass is 432 g/mol. The maximum Gasteiger partial charge on any atom is 0.161 e. The fourth-order valence-corrected chi connectivity index (χ4v) is 3.30. The molecule has 0 aliphatic rings. The number of aryl methyl sites for hydroxylation is 2. The van der Waals surface area contributed by atoms with E-state index in [1.807, 2.05) is 31.2 Å². The Labute approximate surface area is 187 Å². The van der Waals surface area contributed by atoms with Crippen LogP contribution < -0.4 is 11.1 Å². The van der Waals surface area contributed by atoms with Gasteiger partial charge in [0.05, 0.1) is 10.6 Å². The van der Waals surface area contributed by atoms with Gasteiger partial charge in [0.2, 0.25) is 0 Å². The molecule has 2 aromatic carbocycles. The van der Waals surface area contributed by atoms with Crippen LogP contribution in [-0.2, 0) is 6.42 Å². The molecule has 0 aliphatic heterocycles. The van der Waals surface area contributed by atoms with Crippen LogP contribution in [0.25, 0.3) is 0 Å². The van der Waals surface area contributed by atoms with Crippen molar-refractivity contribution in [3.8, 4) is 6.07 Å². The molecule has 0 aliphatic carbocycles. The average Bonchev–Trinajstić information content (AvgIpc) is 2.75. The van der Waals surface area contributed by atoms with Crippen LogP contribution in [0, 0.1) is 25.2 Å². The van der Waals surface area contributed by atoms with Crippen molar-refractivity contribution in [2.24, 2.45) is 10.2 Å². The molecule has 0 radical (unpaired) electrons. The first kappa shape index (κ1) is 22.3. The highest BCUT2D eigenvalue weighted by Crippen LogP contribution is 2.36. The lowest BCUT2D eigenvalue weighted by Crippen LogP contribution is -2.03. The number of nitrogens with two attached hydrogens (primary N) is 1. The Hall–Kier alpha value is -3.43. The van der Waals surface area contributed by atoms with Gasteiger partial charge in [-0.05, 0) is 62.1 Å². The molecular weight excluding hydrogens is 408 g/mol. The van der Waals surface area contributed by atoms with Crippen LogP contribution in [0.3, 0.4) is 0 Å². The molecule has 0 unspecified atom stereocenters. The number of hydrogen-bond acceptors (Lipinski definition) is 6. The number of unbranched alkanes of at least 4 members (excludes halogenated alkanes) is 1. The van der Waals surface area contributed by atoms with E-state index in [9.17, 15) is 5.26 Å². The molecule has 0 atom stereocenters. The third-order valence-corrected chi connectivity index (χ3v) is 5.27. The molecule has 158 valence electrons. The summed E-state index contributed by atoms with van der Waals surface area (Å²) in [6.45, 7) is 5.91. The smallest absolute Gasteiger partial charge is 0.161 e. The zero-order valence-corrected chi connectivity index (χ0v) is 18.7. The van der Waals surface area contributed by atoms with Gasteiger partial charge in [-0.3, -0.25) is 0 Å². The van der Waals surface area contributed by atoms with E-state index in [-0.39, 0.29) is 11.4 Å². The van der Waals surface area contributed by atoms with Crippen LogP contribution in [0.5, 0.6) is 0 Å². The number of nitriles is 1. The number of rotatable bonds is 7. The van der Waals surface area contributed by atoms with Crippen molar-refractivity contribution in [2.75, 3.05) is 11.1 Å². The Morgan fingerprint density at radius 2 is 1.87 bits per heavy atom. The SMILES string of the molecule is CCCCc1ccc(Nc2nc(N)c(C#N)c(C)c2/N=N/c2cc(C)ccc2Cl)cc1. The number of halogens is 1. The first-order valence-corrected chi connectivity index (χ1v) is 10.5. The van der Waals surface area contributed by atoms with Gasteiger partial charge in [-0.2, -0.15) is 5.26 Å². The molecular formula is C24H25ClN6. The van der Waals surface area contributed by atoms with E-state index >= 15 is 0 Å². The van der Waals surface area contributed by atoms with E-state index in [1.54, 1.807) is 13.0 Å². The number of nitrogens with zero attached hydrogens (tertiary/aromatic N) is 4. The predicted octanol–water partition coefficient (Wildman–Crippen LogP) is 7.31. The molecule has 1 aromatic heterocycles. The Bertz CT molecular complexity index is 1150. The van der Waals surface area contributed by atoms with Gasteiger partial charge in [-0.1, -0.05) is 43.1 Å². The molecule has 0 spiro atoms. The first-order valence-electron chi connectivity index (χ1n) is 10.2. The van der Waals surface area contributed by atoms with Crippen molar-refractivity contribution in [3.05, 3.63) is 69.7 Å². The van der Waals surface area contributed by atoms with Gasteiger partial charge in [-0.25, -0.2) is 4.98 Å². The van der Waals surface area contributed by atoms with Gasteiger partial charge in [0, 0.05) is 11.3 Å². The fraction of sp³-hybridized carbons (Fsp3) is 0.250. The van der Waals surface area contributed by atoms with Crippen molar-refractivity contribution in [3.63, 3.8) is 0 Å². The van der Waals surface area contributed by atoms with Gasteiger partial charge in [-0.15, -0.1) is 10.2 Å². The highest BCUT2D eigenvalue weighted by molar-refractivity contribution is 6.32. The summed E-state index contributed by atoms with van der Waals surface area (Å²) in [5, 5.41) is 22.0. The lowest BCUT2D eigenvalue weighted by atomic mass is 10.1. The highest BCUT2D eigenvalue weighted by Gasteiger charge is 2.16. The maximum absolute atomic E-state index is 9.49. The molecule has 31 heavy (non-hydrogen) atoms. The largest absolute Gasteiger partial charge is 0.383 e. The van der Waals surface area contributed by atoms with Crippen LogP contribution in [0.15, 0.2) is 52.7 Å². The van der Waals surface area contributed by atoms with Crippen LogP contribution in [0.4, 0.5) is 28.7 Å². The van der Waals surface area contributed by atoms with Crippen molar-refractivity contribution in [2.45, 2.75) is 40.0 Å². The molecule has 3 aromatic rings.